The Morgan fingerprint density at radius 1 is 1.67 bits per heavy atom. The second-order valence-electron chi connectivity index (χ2n) is 1.98. The minimum Gasteiger partial charge on any atom is -0.409 e. The first kappa shape index (κ1) is 9.28. The van der Waals surface area contributed by atoms with Gasteiger partial charge in [0.05, 0.1) is 0 Å². The molecule has 6 heteroatoms. The van der Waals surface area contributed by atoms with Crippen LogP contribution in [0, 0.1) is 0 Å². The van der Waals surface area contributed by atoms with Gasteiger partial charge in [0.25, 0.3) is 0 Å². The van der Waals surface area contributed by atoms with E-state index in [0.717, 1.165) is 4.47 Å². The van der Waals surface area contributed by atoms with Gasteiger partial charge in [0, 0.05) is 4.47 Å². The predicted octanol–water partition coefficient (Wildman–Crippen LogP) is 1.59. The van der Waals surface area contributed by atoms with E-state index in [4.69, 9.17) is 22.5 Å². The Morgan fingerprint density at radius 2 is 2.33 bits per heavy atom. The van der Waals surface area contributed by atoms with Crippen molar-refractivity contribution >= 4 is 33.4 Å². The zero-order valence-electron chi connectivity index (χ0n) is 5.83. The van der Waals surface area contributed by atoms with Crippen molar-refractivity contribution in [2.45, 2.75) is 0 Å². The highest BCUT2D eigenvalue weighted by Gasteiger charge is 2.03. The zero-order valence-corrected chi connectivity index (χ0v) is 8.17. The fourth-order valence-corrected chi connectivity index (χ4v) is 1.42. The van der Waals surface area contributed by atoms with Crippen LogP contribution in [0.15, 0.2) is 21.8 Å². The fraction of sp³-hybridized carbons (Fsp3) is 0. The molecule has 0 spiro atoms. The molecule has 0 aliphatic heterocycles. The fourth-order valence-electron chi connectivity index (χ4n) is 0.648. The summed E-state index contributed by atoms with van der Waals surface area (Å²) in [4.78, 5) is 3.82. The second-order valence-corrected chi connectivity index (χ2v) is 3.28. The quantitative estimate of drug-likeness (QED) is 0.261. The van der Waals surface area contributed by atoms with E-state index in [1.54, 1.807) is 12.1 Å². The summed E-state index contributed by atoms with van der Waals surface area (Å²) in [6.45, 7) is 0. The molecule has 0 saturated carbocycles. The van der Waals surface area contributed by atoms with Gasteiger partial charge in [0.1, 0.15) is 10.8 Å². The van der Waals surface area contributed by atoms with Crippen LogP contribution >= 0.6 is 27.5 Å². The molecule has 0 unspecified atom stereocenters. The van der Waals surface area contributed by atoms with Crippen LogP contribution in [0.25, 0.3) is 0 Å². The van der Waals surface area contributed by atoms with Crippen LogP contribution in [0.2, 0.25) is 5.15 Å². The van der Waals surface area contributed by atoms with E-state index in [-0.39, 0.29) is 11.0 Å². The average Bonchev–Trinajstić information content (AvgIpc) is 2.01. The molecular formula is C6H5BrClN3O. The summed E-state index contributed by atoms with van der Waals surface area (Å²) in [5.41, 5.74) is 5.62. The highest BCUT2D eigenvalue weighted by Crippen LogP contribution is 2.15. The topological polar surface area (TPSA) is 71.5 Å². The summed E-state index contributed by atoms with van der Waals surface area (Å²) in [6, 6.07) is 3.21. The van der Waals surface area contributed by atoms with Crippen molar-refractivity contribution in [2.75, 3.05) is 0 Å². The molecule has 0 bridgehead atoms. The van der Waals surface area contributed by atoms with Gasteiger partial charge in [-0.05, 0) is 12.1 Å². The van der Waals surface area contributed by atoms with E-state index < -0.39 is 0 Å². The lowest BCUT2D eigenvalue weighted by Gasteiger charge is -1.98. The van der Waals surface area contributed by atoms with Gasteiger partial charge in [0.15, 0.2) is 5.84 Å². The van der Waals surface area contributed by atoms with Crippen LogP contribution in [-0.4, -0.2) is 16.0 Å². The molecule has 0 aliphatic rings. The van der Waals surface area contributed by atoms with Crippen molar-refractivity contribution in [2.24, 2.45) is 10.9 Å². The number of rotatable bonds is 1. The summed E-state index contributed by atoms with van der Waals surface area (Å²) in [5.74, 6) is -0.0711. The van der Waals surface area contributed by atoms with E-state index >= 15 is 0 Å². The molecule has 1 heterocycles. The number of hydrogen-bond donors (Lipinski definition) is 2. The largest absolute Gasteiger partial charge is 0.409 e. The number of nitrogens with zero attached hydrogens (tertiary/aromatic N) is 2. The molecule has 12 heavy (non-hydrogen) atoms. The number of hydrogen-bond acceptors (Lipinski definition) is 3. The third-order valence-corrected chi connectivity index (χ3v) is 1.78. The van der Waals surface area contributed by atoms with Gasteiger partial charge in [-0.15, -0.1) is 0 Å². The molecule has 0 fully saturated rings. The maximum absolute atomic E-state index is 8.33. The molecule has 0 amide bonds. The van der Waals surface area contributed by atoms with Gasteiger partial charge in [-0.25, -0.2) is 4.98 Å². The first-order valence-electron chi connectivity index (χ1n) is 2.94. The average molecular weight is 250 g/mol. The maximum Gasteiger partial charge on any atom is 0.188 e. The van der Waals surface area contributed by atoms with Crippen molar-refractivity contribution in [3.8, 4) is 0 Å². The number of halogens is 2. The van der Waals surface area contributed by atoms with E-state index in [1.165, 1.54) is 0 Å². The number of pyridine rings is 1. The molecule has 1 rings (SSSR count). The van der Waals surface area contributed by atoms with E-state index in [1.807, 2.05) is 0 Å². The van der Waals surface area contributed by atoms with Crippen LogP contribution in [0.3, 0.4) is 0 Å². The lowest BCUT2D eigenvalue weighted by atomic mass is 10.3. The first-order valence-corrected chi connectivity index (χ1v) is 4.11. The number of aromatic nitrogens is 1. The van der Waals surface area contributed by atoms with Gasteiger partial charge in [-0.3, -0.25) is 0 Å². The zero-order chi connectivity index (χ0) is 9.14. The van der Waals surface area contributed by atoms with Crippen LogP contribution in [-0.2, 0) is 0 Å². The maximum atomic E-state index is 8.33. The molecule has 1 aromatic rings. The van der Waals surface area contributed by atoms with Gasteiger partial charge >= 0.3 is 0 Å². The Kier molecular flexibility index (Phi) is 2.88. The minimum atomic E-state index is -0.0711. The predicted molar refractivity (Wildman–Crippen MR) is 49.5 cm³/mol. The Balaban J connectivity index is 3.17. The highest BCUT2D eigenvalue weighted by atomic mass is 79.9. The van der Waals surface area contributed by atoms with Crippen molar-refractivity contribution in [3.63, 3.8) is 0 Å². The van der Waals surface area contributed by atoms with Crippen molar-refractivity contribution in [1.29, 1.82) is 0 Å². The molecule has 0 atom stereocenters. The van der Waals surface area contributed by atoms with Crippen LogP contribution in [0.1, 0.15) is 5.69 Å². The lowest BCUT2D eigenvalue weighted by molar-refractivity contribution is 0.318. The molecule has 0 saturated heterocycles. The van der Waals surface area contributed by atoms with E-state index in [9.17, 15) is 0 Å². The van der Waals surface area contributed by atoms with Crippen LogP contribution < -0.4 is 5.73 Å². The van der Waals surface area contributed by atoms with Crippen molar-refractivity contribution in [3.05, 3.63) is 27.5 Å². The van der Waals surface area contributed by atoms with Gasteiger partial charge in [0.2, 0.25) is 0 Å². The van der Waals surface area contributed by atoms with E-state index in [2.05, 4.69) is 26.1 Å². The minimum absolute atomic E-state index is 0.0711. The highest BCUT2D eigenvalue weighted by molar-refractivity contribution is 9.10. The third kappa shape index (κ3) is 2.09. The third-order valence-electron chi connectivity index (χ3n) is 1.13. The summed E-state index contributed by atoms with van der Waals surface area (Å²) in [6.07, 6.45) is 0. The molecule has 4 nitrogen and oxygen atoms in total. The summed E-state index contributed by atoms with van der Waals surface area (Å²) >= 11 is 8.81. The number of nitrogens with two attached hydrogens (primary N) is 1. The smallest absolute Gasteiger partial charge is 0.188 e. The Bertz CT molecular complexity index is 308. The number of oxime groups is 1. The van der Waals surface area contributed by atoms with Crippen LogP contribution in [0.4, 0.5) is 0 Å². The second kappa shape index (κ2) is 3.73. The van der Waals surface area contributed by atoms with Crippen molar-refractivity contribution < 1.29 is 5.21 Å². The van der Waals surface area contributed by atoms with Gasteiger partial charge < -0.3 is 10.9 Å². The first-order chi connectivity index (χ1) is 5.63. The normalized spacial score (nSPS) is 11.7. The molecule has 1 aromatic heterocycles. The van der Waals surface area contributed by atoms with Crippen molar-refractivity contribution in [1.82, 2.24) is 4.98 Å². The Labute approximate surface area is 82.2 Å². The van der Waals surface area contributed by atoms with Gasteiger partial charge in [-0.1, -0.05) is 32.7 Å². The Hall–Kier alpha value is -0.810. The van der Waals surface area contributed by atoms with Gasteiger partial charge in [-0.2, -0.15) is 0 Å². The summed E-state index contributed by atoms with van der Waals surface area (Å²) < 4.78 is 0.726. The summed E-state index contributed by atoms with van der Waals surface area (Å²) in [7, 11) is 0. The molecule has 3 N–H and O–H groups in total. The van der Waals surface area contributed by atoms with Crippen LogP contribution in [0.5, 0.6) is 0 Å². The monoisotopic (exact) mass is 249 g/mol. The molecule has 0 aliphatic carbocycles. The van der Waals surface area contributed by atoms with E-state index in [0.29, 0.717) is 5.69 Å². The Morgan fingerprint density at radius 3 is 2.83 bits per heavy atom. The molecule has 64 valence electrons. The number of amidine groups is 1. The SMILES string of the molecule is N/C(=N\O)c1cc(Br)cc(Cl)n1. The molecule has 0 radical (unpaired) electrons. The standard InChI is InChI=1S/C6H5BrClN3O/c7-3-1-4(6(9)11-12)10-5(8)2-3/h1-2,12H,(H2,9,11). The molecule has 0 aromatic carbocycles. The summed E-state index contributed by atoms with van der Waals surface area (Å²) in [5, 5.41) is 11.4. The molecular weight excluding hydrogens is 245 g/mol. The lowest BCUT2D eigenvalue weighted by Crippen LogP contribution is -2.14.